The molecule has 1 rings (SSSR count). The summed E-state index contributed by atoms with van der Waals surface area (Å²) in [5, 5.41) is 10.3. The van der Waals surface area contributed by atoms with E-state index in [1.165, 1.54) is 11.9 Å². The monoisotopic (exact) mass is 481 g/mol. The van der Waals surface area contributed by atoms with E-state index >= 15 is 0 Å². The third kappa shape index (κ3) is 6.70. The first-order valence-electron chi connectivity index (χ1n) is 11.8. The van der Waals surface area contributed by atoms with Crippen molar-refractivity contribution in [2.45, 2.75) is 80.3 Å². The highest BCUT2D eigenvalue weighted by Crippen LogP contribution is 2.51. The third-order valence-corrected chi connectivity index (χ3v) is 7.73. The van der Waals surface area contributed by atoms with Crippen LogP contribution >= 0.6 is 0 Å². The lowest BCUT2D eigenvalue weighted by Crippen LogP contribution is -2.54. The summed E-state index contributed by atoms with van der Waals surface area (Å²) in [7, 11) is 1.48. The molecule has 10 heteroatoms. The van der Waals surface area contributed by atoms with Crippen molar-refractivity contribution in [3.8, 4) is 0 Å². The molecule has 0 aromatic carbocycles. The Balaban J connectivity index is 2.60. The van der Waals surface area contributed by atoms with E-state index in [4.69, 9.17) is 0 Å². The minimum absolute atomic E-state index is 0.140. The van der Waals surface area contributed by atoms with Gasteiger partial charge in [0.1, 0.15) is 12.1 Å². The number of carbonyl (C=O) groups is 5. The Kier molecular flexibility index (Phi) is 9.66. The van der Waals surface area contributed by atoms with Gasteiger partial charge in [0.2, 0.25) is 29.5 Å². The van der Waals surface area contributed by atoms with Crippen molar-refractivity contribution in [2.24, 2.45) is 16.2 Å². The van der Waals surface area contributed by atoms with Crippen LogP contribution in [0.25, 0.3) is 0 Å². The maximum absolute atomic E-state index is 12.8. The summed E-state index contributed by atoms with van der Waals surface area (Å²) in [6.45, 7) is 15.4. The number of carbonyl (C=O) groups excluding carboxylic acids is 5. The van der Waals surface area contributed by atoms with Crippen LogP contribution in [0.15, 0.2) is 0 Å². The van der Waals surface area contributed by atoms with Gasteiger partial charge in [-0.05, 0) is 30.6 Å². The van der Waals surface area contributed by atoms with Crippen molar-refractivity contribution in [3.05, 3.63) is 0 Å². The normalized spacial score (nSPS) is 17.6. The highest BCUT2D eigenvalue weighted by molar-refractivity contribution is 5.94. The van der Waals surface area contributed by atoms with Crippen molar-refractivity contribution >= 4 is 29.5 Å². The molecule has 4 N–H and O–H groups in total. The van der Waals surface area contributed by atoms with Crippen molar-refractivity contribution in [1.82, 2.24) is 26.2 Å². The molecule has 0 bridgehead atoms. The Hall–Kier alpha value is -2.65. The molecular formula is C24H43N5O5. The van der Waals surface area contributed by atoms with Gasteiger partial charge < -0.3 is 26.2 Å². The second-order valence-corrected chi connectivity index (χ2v) is 11.0. The van der Waals surface area contributed by atoms with Crippen LogP contribution in [0, 0.1) is 16.2 Å². The average molecular weight is 482 g/mol. The number of likely N-dealkylation sites (tertiary alicyclic amines) is 1. The van der Waals surface area contributed by atoms with Gasteiger partial charge in [0.15, 0.2) is 0 Å². The van der Waals surface area contributed by atoms with Gasteiger partial charge in [-0.25, -0.2) is 0 Å². The smallest absolute Gasteiger partial charge is 0.243 e. The van der Waals surface area contributed by atoms with Crippen LogP contribution in [0.2, 0.25) is 0 Å². The van der Waals surface area contributed by atoms with Crippen molar-refractivity contribution in [1.29, 1.82) is 0 Å². The zero-order valence-electron chi connectivity index (χ0n) is 22.2. The number of likely N-dealkylation sites (N-methyl/N-ethyl adjacent to an activating group) is 1. The lowest BCUT2D eigenvalue weighted by atomic mass is 9.55. The number of hydrogen-bond acceptors (Lipinski definition) is 5. The SMILES string of the molecule is CNC(=O)C(C)NC(=O)C1CCCN1C(=O)CNC(=O)CNC(=O)C(C)(C)C(C)(C)C(C)(C)C. The summed E-state index contributed by atoms with van der Waals surface area (Å²) in [6, 6.07) is -1.40. The summed E-state index contributed by atoms with van der Waals surface area (Å²) >= 11 is 0. The molecule has 5 amide bonds. The van der Waals surface area contributed by atoms with E-state index < -0.39 is 29.3 Å². The molecule has 10 nitrogen and oxygen atoms in total. The van der Waals surface area contributed by atoms with Crippen molar-refractivity contribution < 1.29 is 24.0 Å². The van der Waals surface area contributed by atoms with Gasteiger partial charge in [-0.15, -0.1) is 0 Å². The number of amides is 5. The molecule has 1 aliphatic rings. The molecule has 0 aliphatic carbocycles. The molecule has 0 aromatic heterocycles. The van der Waals surface area contributed by atoms with E-state index in [1.807, 2.05) is 27.7 Å². The van der Waals surface area contributed by atoms with Gasteiger partial charge >= 0.3 is 0 Å². The van der Waals surface area contributed by atoms with E-state index in [9.17, 15) is 24.0 Å². The molecule has 1 saturated heterocycles. The van der Waals surface area contributed by atoms with Gasteiger partial charge in [0, 0.05) is 19.0 Å². The summed E-state index contributed by atoms with van der Waals surface area (Å²) in [5.41, 5.74) is -1.22. The Labute approximate surface area is 203 Å². The Morgan fingerprint density at radius 1 is 0.941 bits per heavy atom. The Morgan fingerprint density at radius 3 is 2.06 bits per heavy atom. The fraction of sp³-hybridized carbons (Fsp3) is 0.792. The fourth-order valence-corrected chi connectivity index (χ4v) is 3.87. The van der Waals surface area contributed by atoms with Gasteiger partial charge in [-0.2, -0.15) is 0 Å². The Morgan fingerprint density at radius 2 is 1.53 bits per heavy atom. The maximum atomic E-state index is 12.8. The van der Waals surface area contributed by atoms with Crippen LogP contribution in [0.3, 0.4) is 0 Å². The predicted octanol–water partition coefficient (Wildman–Crippen LogP) is 0.559. The van der Waals surface area contributed by atoms with Crippen molar-refractivity contribution in [2.75, 3.05) is 26.7 Å². The quantitative estimate of drug-likeness (QED) is 0.381. The number of nitrogens with one attached hydrogen (secondary N) is 4. The second kappa shape index (κ2) is 11.2. The summed E-state index contributed by atoms with van der Waals surface area (Å²) < 4.78 is 0. The molecule has 0 spiro atoms. The van der Waals surface area contributed by atoms with Gasteiger partial charge in [-0.3, -0.25) is 24.0 Å². The highest BCUT2D eigenvalue weighted by Gasteiger charge is 2.49. The molecule has 0 aromatic rings. The zero-order valence-corrected chi connectivity index (χ0v) is 22.2. The maximum Gasteiger partial charge on any atom is 0.243 e. The van der Waals surface area contributed by atoms with Crippen molar-refractivity contribution in [3.63, 3.8) is 0 Å². The molecule has 0 saturated carbocycles. The van der Waals surface area contributed by atoms with Gasteiger partial charge in [-0.1, -0.05) is 48.5 Å². The van der Waals surface area contributed by atoms with Crippen LogP contribution in [-0.2, 0) is 24.0 Å². The largest absolute Gasteiger partial charge is 0.357 e. The third-order valence-electron chi connectivity index (χ3n) is 7.73. The van der Waals surface area contributed by atoms with Crippen LogP contribution in [0.5, 0.6) is 0 Å². The fourth-order valence-electron chi connectivity index (χ4n) is 3.87. The zero-order chi connectivity index (χ0) is 26.5. The molecule has 194 valence electrons. The van der Waals surface area contributed by atoms with E-state index in [0.29, 0.717) is 19.4 Å². The molecule has 1 aliphatic heterocycles. The Bertz CT molecular complexity index is 800. The molecular weight excluding hydrogens is 438 g/mol. The lowest BCUT2D eigenvalue weighted by Gasteiger charge is -2.49. The second-order valence-electron chi connectivity index (χ2n) is 11.0. The first-order chi connectivity index (χ1) is 15.5. The molecule has 2 unspecified atom stereocenters. The molecule has 34 heavy (non-hydrogen) atoms. The number of nitrogens with zero attached hydrogens (tertiary/aromatic N) is 1. The van der Waals surface area contributed by atoms with Crippen LogP contribution in [0.4, 0.5) is 0 Å². The number of rotatable bonds is 9. The minimum Gasteiger partial charge on any atom is -0.357 e. The molecule has 1 fully saturated rings. The van der Waals surface area contributed by atoms with E-state index in [1.54, 1.807) is 6.92 Å². The molecule has 2 atom stereocenters. The van der Waals surface area contributed by atoms with E-state index in [0.717, 1.165) is 0 Å². The van der Waals surface area contributed by atoms with E-state index in [2.05, 4.69) is 42.0 Å². The predicted molar refractivity (Wildman–Crippen MR) is 129 cm³/mol. The topological polar surface area (TPSA) is 137 Å². The van der Waals surface area contributed by atoms with Crippen LogP contribution < -0.4 is 21.3 Å². The van der Waals surface area contributed by atoms with Crippen LogP contribution in [-0.4, -0.2) is 73.2 Å². The summed E-state index contributed by atoms with van der Waals surface area (Å²) in [4.78, 5) is 63.4. The lowest BCUT2D eigenvalue weighted by molar-refractivity contribution is -0.142. The number of hydrogen-bond donors (Lipinski definition) is 4. The summed E-state index contributed by atoms with van der Waals surface area (Å²) in [6.07, 6.45) is 1.14. The molecule has 0 radical (unpaired) electrons. The molecule has 1 heterocycles. The van der Waals surface area contributed by atoms with E-state index in [-0.39, 0.29) is 41.6 Å². The first kappa shape index (κ1) is 29.4. The first-order valence-corrected chi connectivity index (χ1v) is 11.8. The van der Waals surface area contributed by atoms with Crippen LogP contribution in [0.1, 0.15) is 68.2 Å². The standard InChI is InChI=1S/C24H43N5O5/c1-15(19(32)25-9)28-20(33)16-11-10-12-29(16)18(31)14-26-17(30)13-27-21(34)23(5,6)24(7,8)22(2,3)4/h15-16H,10-14H2,1-9H3,(H,25,32)(H,26,30)(H,27,34)(H,28,33). The minimum atomic E-state index is -0.733. The summed E-state index contributed by atoms with van der Waals surface area (Å²) in [5.74, 6) is -1.84. The average Bonchev–Trinajstić information content (AvgIpc) is 3.24. The van der Waals surface area contributed by atoms with Gasteiger partial charge in [0.05, 0.1) is 13.1 Å². The highest BCUT2D eigenvalue weighted by atomic mass is 16.2. The van der Waals surface area contributed by atoms with Gasteiger partial charge in [0.25, 0.3) is 0 Å².